The van der Waals surface area contributed by atoms with E-state index in [-0.39, 0.29) is 18.2 Å². The summed E-state index contributed by atoms with van der Waals surface area (Å²) in [4.78, 5) is 33.3. The number of allylic oxidation sites excluding steroid dienone is 1. The fourth-order valence-corrected chi connectivity index (χ4v) is 1.33. The molecule has 5 heteroatoms. The Hall–Kier alpha value is -1.65. The predicted octanol–water partition coefficient (Wildman–Crippen LogP) is -0.126. The lowest BCUT2D eigenvalue weighted by Gasteiger charge is -2.21. The molecule has 0 aromatic rings. The van der Waals surface area contributed by atoms with E-state index < -0.39 is 11.9 Å². The van der Waals surface area contributed by atoms with Gasteiger partial charge in [-0.25, -0.2) is 0 Å². The number of hydrogen-bond acceptors (Lipinski definition) is 3. The van der Waals surface area contributed by atoms with Gasteiger partial charge in [-0.1, -0.05) is 6.08 Å². The van der Waals surface area contributed by atoms with Crippen molar-refractivity contribution in [1.29, 1.82) is 0 Å². The van der Waals surface area contributed by atoms with Gasteiger partial charge in [0.1, 0.15) is 6.04 Å². The lowest BCUT2D eigenvalue weighted by molar-refractivity contribution is -0.137. The molecule has 2 N–H and O–H groups in total. The SMILES string of the molecule is C=CCCC(=O)NC1CCC(=O)NC1=O. The van der Waals surface area contributed by atoms with E-state index >= 15 is 0 Å². The maximum absolute atomic E-state index is 11.3. The minimum atomic E-state index is -0.569. The number of hydrogen-bond donors (Lipinski definition) is 2. The molecule has 0 aliphatic carbocycles. The summed E-state index contributed by atoms with van der Waals surface area (Å²) in [6, 6.07) is -0.569. The average molecular weight is 210 g/mol. The van der Waals surface area contributed by atoms with Gasteiger partial charge in [-0.3, -0.25) is 19.7 Å². The van der Waals surface area contributed by atoms with Crippen LogP contribution < -0.4 is 10.6 Å². The molecule has 1 rings (SSSR count). The Morgan fingerprint density at radius 2 is 2.33 bits per heavy atom. The molecule has 1 heterocycles. The van der Waals surface area contributed by atoms with Gasteiger partial charge in [0.15, 0.2) is 0 Å². The normalized spacial score (nSPS) is 20.7. The Balaban J connectivity index is 2.37. The standard InChI is InChI=1S/C10H14N2O3/c1-2-3-4-8(13)11-7-5-6-9(14)12-10(7)15/h2,7H,1,3-6H2,(H,11,13)(H,12,14,15). The summed E-state index contributed by atoms with van der Waals surface area (Å²) in [6.07, 6.45) is 3.20. The van der Waals surface area contributed by atoms with Crippen LogP contribution in [0.15, 0.2) is 12.7 Å². The number of nitrogens with one attached hydrogen (secondary N) is 2. The van der Waals surface area contributed by atoms with Crippen LogP contribution in [0, 0.1) is 0 Å². The van der Waals surface area contributed by atoms with Crippen LogP contribution in [0.2, 0.25) is 0 Å². The van der Waals surface area contributed by atoms with Crippen molar-refractivity contribution in [2.45, 2.75) is 31.7 Å². The minimum absolute atomic E-state index is 0.190. The molecular formula is C10H14N2O3. The molecule has 0 spiro atoms. The first-order chi connectivity index (χ1) is 7.13. The lowest BCUT2D eigenvalue weighted by atomic mass is 10.1. The Bertz CT molecular complexity index is 299. The molecule has 1 aliphatic rings. The summed E-state index contributed by atoms with van der Waals surface area (Å²) in [5.41, 5.74) is 0. The molecule has 5 nitrogen and oxygen atoms in total. The summed E-state index contributed by atoms with van der Waals surface area (Å²) >= 11 is 0. The van der Waals surface area contributed by atoms with Crippen LogP contribution in [-0.4, -0.2) is 23.8 Å². The third kappa shape index (κ3) is 3.53. The van der Waals surface area contributed by atoms with E-state index in [1.807, 2.05) is 0 Å². The molecule has 15 heavy (non-hydrogen) atoms. The molecule has 0 bridgehead atoms. The second-order valence-electron chi connectivity index (χ2n) is 3.40. The molecule has 1 fully saturated rings. The van der Waals surface area contributed by atoms with E-state index in [4.69, 9.17) is 0 Å². The van der Waals surface area contributed by atoms with Crippen molar-refractivity contribution >= 4 is 17.7 Å². The first kappa shape index (κ1) is 11.4. The monoisotopic (exact) mass is 210 g/mol. The van der Waals surface area contributed by atoms with E-state index in [9.17, 15) is 14.4 Å². The fraction of sp³-hybridized carbons (Fsp3) is 0.500. The third-order valence-corrected chi connectivity index (χ3v) is 2.15. The second kappa shape index (κ2) is 5.29. The zero-order valence-electron chi connectivity index (χ0n) is 8.41. The Morgan fingerprint density at radius 3 is 2.93 bits per heavy atom. The van der Waals surface area contributed by atoms with Crippen molar-refractivity contribution in [3.63, 3.8) is 0 Å². The minimum Gasteiger partial charge on any atom is -0.344 e. The van der Waals surface area contributed by atoms with E-state index in [0.717, 1.165) is 0 Å². The number of carbonyl (C=O) groups excluding carboxylic acids is 3. The van der Waals surface area contributed by atoms with Crippen LogP contribution in [0.5, 0.6) is 0 Å². The zero-order valence-corrected chi connectivity index (χ0v) is 8.41. The maximum Gasteiger partial charge on any atom is 0.249 e. The average Bonchev–Trinajstić information content (AvgIpc) is 2.19. The summed E-state index contributed by atoms with van der Waals surface area (Å²) in [6.45, 7) is 3.50. The van der Waals surface area contributed by atoms with Gasteiger partial charge in [0.05, 0.1) is 0 Å². The van der Waals surface area contributed by atoms with Crippen molar-refractivity contribution in [2.24, 2.45) is 0 Å². The van der Waals surface area contributed by atoms with Crippen molar-refractivity contribution in [2.75, 3.05) is 0 Å². The highest BCUT2D eigenvalue weighted by atomic mass is 16.2. The van der Waals surface area contributed by atoms with Gasteiger partial charge in [-0.15, -0.1) is 6.58 Å². The summed E-state index contributed by atoms with van der Waals surface area (Å²) in [5, 5.41) is 4.75. The Kier molecular flexibility index (Phi) is 4.03. The van der Waals surface area contributed by atoms with Gasteiger partial charge in [-0.05, 0) is 12.8 Å². The van der Waals surface area contributed by atoms with Crippen LogP contribution >= 0.6 is 0 Å². The third-order valence-electron chi connectivity index (χ3n) is 2.15. The topological polar surface area (TPSA) is 75.3 Å². The first-order valence-electron chi connectivity index (χ1n) is 4.87. The number of imide groups is 1. The Labute approximate surface area is 87.9 Å². The molecule has 0 aromatic carbocycles. The van der Waals surface area contributed by atoms with Crippen LogP contribution in [0.4, 0.5) is 0 Å². The van der Waals surface area contributed by atoms with Gasteiger partial charge < -0.3 is 5.32 Å². The van der Waals surface area contributed by atoms with Crippen molar-refractivity contribution in [3.8, 4) is 0 Å². The molecule has 1 aliphatic heterocycles. The van der Waals surface area contributed by atoms with E-state index in [0.29, 0.717) is 19.3 Å². The van der Waals surface area contributed by atoms with E-state index in [2.05, 4.69) is 17.2 Å². The van der Waals surface area contributed by atoms with Gasteiger partial charge in [0.2, 0.25) is 17.7 Å². The fourth-order valence-electron chi connectivity index (χ4n) is 1.33. The molecule has 1 atom stereocenters. The Morgan fingerprint density at radius 1 is 1.60 bits per heavy atom. The van der Waals surface area contributed by atoms with Crippen molar-refractivity contribution in [3.05, 3.63) is 12.7 Å². The van der Waals surface area contributed by atoms with Crippen LogP contribution in [0.1, 0.15) is 25.7 Å². The highest BCUT2D eigenvalue weighted by molar-refractivity contribution is 6.01. The molecule has 82 valence electrons. The highest BCUT2D eigenvalue weighted by Crippen LogP contribution is 2.04. The smallest absolute Gasteiger partial charge is 0.249 e. The molecule has 1 unspecified atom stereocenters. The quantitative estimate of drug-likeness (QED) is 0.501. The maximum atomic E-state index is 11.3. The molecular weight excluding hydrogens is 196 g/mol. The first-order valence-corrected chi connectivity index (χ1v) is 4.87. The van der Waals surface area contributed by atoms with Crippen LogP contribution in [-0.2, 0) is 14.4 Å². The predicted molar refractivity (Wildman–Crippen MR) is 53.7 cm³/mol. The second-order valence-corrected chi connectivity index (χ2v) is 3.40. The van der Waals surface area contributed by atoms with Gasteiger partial charge in [0.25, 0.3) is 0 Å². The highest BCUT2D eigenvalue weighted by Gasteiger charge is 2.27. The summed E-state index contributed by atoms with van der Waals surface area (Å²) in [5.74, 6) is -0.890. The van der Waals surface area contributed by atoms with E-state index in [1.165, 1.54) is 0 Å². The van der Waals surface area contributed by atoms with E-state index in [1.54, 1.807) is 6.08 Å². The number of piperidine rings is 1. The number of carbonyl (C=O) groups is 3. The molecule has 0 saturated carbocycles. The van der Waals surface area contributed by atoms with Crippen molar-refractivity contribution in [1.82, 2.24) is 10.6 Å². The number of rotatable bonds is 4. The van der Waals surface area contributed by atoms with Gasteiger partial charge >= 0.3 is 0 Å². The lowest BCUT2D eigenvalue weighted by Crippen LogP contribution is -2.52. The molecule has 1 saturated heterocycles. The van der Waals surface area contributed by atoms with Crippen molar-refractivity contribution < 1.29 is 14.4 Å². The van der Waals surface area contributed by atoms with Crippen LogP contribution in [0.25, 0.3) is 0 Å². The number of amides is 3. The molecule has 0 radical (unpaired) electrons. The molecule has 0 aromatic heterocycles. The van der Waals surface area contributed by atoms with Crippen LogP contribution in [0.3, 0.4) is 0 Å². The molecule has 3 amide bonds. The largest absolute Gasteiger partial charge is 0.344 e. The summed E-state index contributed by atoms with van der Waals surface area (Å²) < 4.78 is 0. The zero-order chi connectivity index (χ0) is 11.3. The summed E-state index contributed by atoms with van der Waals surface area (Å²) in [7, 11) is 0. The van der Waals surface area contributed by atoms with Gasteiger partial charge in [-0.2, -0.15) is 0 Å². The van der Waals surface area contributed by atoms with Gasteiger partial charge in [0, 0.05) is 12.8 Å².